The highest BCUT2D eigenvalue weighted by atomic mass is 19.1. The van der Waals surface area contributed by atoms with Gasteiger partial charge in [0.1, 0.15) is 5.82 Å². The van der Waals surface area contributed by atoms with E-state index in [-0.39, 0.29) is 12.4 Å². The SMILES string of the molecule is CC(C)(C)C1CCCN(c2ccc(CO)cc2F)CC1. The molecule has 3 heteroatoms. The summed E-state index contributed by atoms with van der Waals surface area (Å²) in [6.45, 7) is 8.61. The molecule has 1 aromatic carbocycles. The van der Waals surface area contributed by atoms with Gasteiger partial charge in [-0.1, -0.05) is 26.8 Å². The summed E-state index contributed by atoms with van der Waals surface area (Å²) < 4.78 is 14.1. The van der Waals surface area contributed by atoms with Gasteiger partial charge in [0.05, 0.1) is 12.3 Å². The van der Waals surface area contributed by atoms with Crippen molar-refractivity contribution in [3.63, 3.8) is 0 Å². The molecule has 1 heterocycles. The first-order valence-electron chi connectivity index (χ1n) is 7.56. The van der Waals surface area contributed by atoms with Crippen molar-refractivity contribution in [1.29, 1.82) is 0 Å². The van der Waals surface area contributed by atoms with Gasteiger partial charge in [0, 0.05) is 13.1 Å². The van der Waals surface area contributed by atoms with Crippen LogP contribution in [0.2, 0.25) is 0 Å². The number of benzene rings is 1. The Morgan fingerprint density at radius 3 is 2.60 bits per heavy atom. The first kappa shape index (κ1) is 15.3. The summed E-state index contributed by atoms with van der Waals surface area (Å²) in [6.07, 6.45) is 3.45. The van der Waals surface area contributed by atoms with E-state index in [0.717, 1.165) is 25.9 Å². The van der Waals surface area contributed by atoms with Gasteiger partial charge in [-0.3, -0.25) is 0 Å². The quantitative estimate of drug-likeness (QED) is 0.885. The van der Waals surface area contributed by atoms with Crippen molar-refractivity contribution in [3.8, 4) is 0 Å². The first-order chi connectivity index (χ1) is 9.41. The summed E-state index contributed by atoms with van der Waals surface area (Å²) in [6, 6.07) is 5.06. The summed E-state index contributed by atoms with van der Waals surface area (Å²) >= 11 is 0. The molecular weight excluding hydrogens is 253 g/mol. The van der Waals surface area contributed by atoms with Gasteiger partial charge in [0.2, 0.25) is 0 Å². The number of rotatable bonds is 2. The Labute approximate surface area is 121 Å². The van der Waals surface area contributed by atoms with Crippen molar-refractivity contribution >= 4 is 5.69 Å². The van der Waals surface area contributed by atoms with Crippen LogP contribution in [0, 0.1) is 17.2 Å². The molecule has 1 unspecified atom stereocenters. The second-order valence-corrected chi connectivity index (χ2v) is 6.92. The van der Waals surface area contributed by atoms with E-state index in [4.69, 9.17) is 5.11 Å². The standard InChI is InChI=1S/C17H26FNO/c1-17(2,3)14-5-4-9-19(10-8-14)16-7-6-13(12-20)11-15(16)18/h6-7,11,14,20H,4-5,8-10,12H2,1-3H3. The van der Waals surface area contributed by atoms with Crippen LogP contribution >= 0.6 is 0 Å². The molecule has 1 aliphatic heterocycles. The lowest BCUT2D eigenvalue weighted by molar-refractivity contribution is 0.220. The molecule has 0 radical (unpaired) electrons. The lowest BCUT2D eigenvalue weighted by Crippen LogP contribution is -2.26. The van der Waals surface area contributed by atoms with Crippen molar-refractivity contribution in [1.82, 2.24) is 0 Å². The molecule has 0 spiro atoms. The van der Waals surface area contributed by atoms with E-state index in [1.54, 1.807) is 6.07 Å². The lowest BCUT2D eigenvalue weighted by Gasteiger charge is -2.30. The predicted molar refractivity (Wildman–Crippen MR) is 81.3 cm³/mol. The molecule has 112 valence electrons. The highest BCUT2D eigenvalue weighted by Gasteiger charge is 2.27. The Morgan fingerprint density at radius 1 is 1.25 bits per heavy atom. The summed E-state index contributed by atoms with van der Waals surface area (Å²) in [5, 5.41) is 9.05. The minimum atomic E-state index is -0.217. The second-order valence-electron chi connectivity index (χ2n) is 6.92. The van der Waals surface area contributed by atoms with E-state index < -0.39 is 0 Å². The molecule has 1 aliphatic rings. The second kappa shape index (κ2) is 6.13. The highest BCUT2D eigenvalue weighted by molar-refractivity contribution is 5.49. The van der Waals surface area contributed by atoms with Gasteiger partial charge in [0.25, 0.3) is 0 Å². The van der Waals surface area contributed by atoms with Crippen LogP contribution in [-0.4, -0.2) is 18.2 Å². The Balaban J connectivity index is 2.11. The van der Waals surface area contributed by atoms with Gasteiger partial charge in [-0.05, 0) is 48.3 Å². The van der Waals surface area contributed by atoms with Crippen molar-refractivity contribution < 1.29 is 9.50 Å². The molecule has 0 bridgehead atoms. The van der Waals surface area contributed by atoms with Crippen LogP contribution < -0.4 is 4.90 Å². The molecule has 2 rings (SSSR count). The fourth-order valence-corrected chi connectivity index (χ4v) is 3.11. The predicted octanol–water partition coefficient (Wildman–Crippen LogP) is 3.97. The molecule has 0 aliphatic carbocycles. The third-order valence-corrected chi connectivity index (χ3v) is 4.49. The number of aliphatic hydroxyl groups is 1. The van der Waals surface area contributed by atoms with Gasteiger partial charge < -0.3 is 10.0 Å². The first-order valence-corrected chi connectivity index (χ1v) is 7.56. The number of hydrogen-bond donors (Lipinski definition) is 1. The maximum Gasteiger partial charge on any atom is 0.146 e. The van der Waals surface area contributed by atoms with Crippen LogP contribution in [0.5, 0.6) is 0 Å². The summed E-state index contributed by atoms with van der Waals surface area (Å²) in [7, 11) is 0. The number of aliphatic hydroxyl groups excluding tert-OH is 1. The maximum atomic E-state index is 14.1. The van der Waals surface area contributed by atoms with Crippen molar-refractivity contribution in [2.45, 2.75) is 46.6 Å². The third-order valence-electron chi connectivity index (χ3n) is 4.49. The molecular formula is C17H26FNO. The molecule has 1 aromatic rings. The summed E-state index contributed by atoms with van der Waals surface area (Å²) in [5.74, 6) is 0.484. The largest absolute Gasteiger partial charge is 0.392 e. The molecule has 1 saturated heterocycles. The zero-order valence-corrected chi connectivity index (χ0v) is 12.8. The van der Waals surface area contributed by atoms with Crippen LogP contribution in [0.1, 0.15) is 45.6 Å². The average Bonchev–Trinajstić information content (AvgIpc) is 2.63. The monoisotopic (exact) mass is 279 g/mol. The minimum Gasteiger partial charge on any atom is -0.392 e. The van der Waals surface area contributed by atoms with Gasteiger partial charge >= 0.3 is 0 Å². The average molecular weight is 279 g/mol. The smallest absolute Gasteiger partial charge is 0.146 e. The van der Waals surface area contributed by atoms with Crippen LogP contribution in [-0.2, 0) is 6.61 Å². The normalized spacial score (nSPS) is 20.9. The molecule has 2 nitrogen and oxygen atoms in total. The van der Waals surface area contributed by atoms with Crippen molar-refractivity contribution in [3.05, 3.63) is 29.6 Å². The summed E-state index contributed by atoms with van der Waals surface area (Å²) in [5.41, 5.74) is 1.64. The van der Waals surface area contributed by atoms with E-state index in [2.05, 4.69) is 25.7 Å². The van der Waals surface area contributed by atoms with E-state index in [1.807, 2.05) is 6.07 Å². The van der Waals surface area contributed by atoms with Crippen molar-refractivity contribution in [2.75, 3.05) is 18.0 Å². The van der Waals surface area contributed by atoms with E-state index in [0.29, 0.717) is 22.6 Å². The van der Waals surface area contributed by atoms with Gasteiger partial charge in [-0.15, -0.1) is 0 Å². The maximum absolute atomic E-state index is 14.1. The Morgan fingerprint density at radius 2 is 2.00 bits per heavy atom. The van der Waals surface area contributed by atoms with E-state index in [1.165, 1.54) is 12.5 Å². The van der Waals surface area contributed by atoms with Gasteiger partial charge in [-0.2, -0.15) is 0 Å². The molecule has 0 saturated carbocycles. The van der Waals surface area contributed by atoms with E-state index in [9.17, 15) is 4.39 Å². The molecule has 0 amide bonds. The topological polar surface area (TPSA) is 23.5 Å². The van der Waals surface area contributed by atoms with Crippen LogP contribution in [0.4, 0.5) is 10.1 Å². The molecule has 1 atom stereocenters. The minimum absolute atomic E-state index is 0.108. The third kappa shape index (κ3) is 3.51. The molecule has 1 N–H and O–H groups in total. The number of nitrogens with zero attached hydrogens (tertiary/aromatic N) is 1. The van der Waals surface area contributed by atoms with Crippen LogP contribution in [0.15, 0.2) is 18.2 Å². The zero-order chi connectivity index (χ0) is 14.8. The lowest BCUT2D eigenvalue weighted by atomic mass is 9.77. The molecule has 20 heavy (non-hydrogen) atoms. The number of hydrogen-bond acceptors (Lipinski definition) is 2. The summed E-state index contributed by atoms with van der Waals surface area (Å²) in [4.78, 5) is 2.15. The number of halogens is 1. The van der Waals surface area contributed by atoms with Crippen molar-refractivity contribution in [2.24, 2.45) is 11.3 Å². The van der Waals surface area contributed by atoms with Crippen LogP contribution in [0.25, 0.3) is 0 Å². The Bertz CT molecular complexity index is 453. The molecule has 0 aromatic heterocycles. The Hall–Kier alpha value is -1.09. The highest BCUT2D eigenvalue weighted by Crippen LogP contribution is 2.35. The zero-order valence-electron chi connectivity index (χ0n) is 12.8. The molecule has 1 fully saturated rings. The fourth-order valence-electron chi connectivity index (χ4n) is 3.11. The van der Waals surface area contributed by atoms with Gasteiger partial charge in [-0.25, -0.2) is 4.39 Å². The number of anilines is 1. The fraction of sp³-hybridized carbons (Fsp3) is 0.647. The van der Waals surface area contributed by atoms with Crippen LogP contribution in [0.3, 0.4) is 0 Å². The van der Waals surface area contributed by atoms with Gasteiger partial charge in [0.15, 0.2) is 0 Å². The van der Waals surface area contributed by atoms with E-state index >= 15 is 0 Å². The Kier molecular flexibility index (Phi) is 4.69.